The number of para-hydroxylation sites is 1. The minimum Gasteiger partial charge on any atom is -0.462 e. The number of fused-ring (bicyclic) bond motifs is 1. The Morgan fingerprint density at radius 1 is 1.06 bits per heavy atom. The van der Waals surface area contributed by atoms with Crippen LogP contribution in [-0.2, 0) is 10.2 Å². The number of rotatable bonds is 5. The average molecular weight is 447 g/mol. The Hall–Kier alpha value is -3.67. The standard InChI is InChI=1S/C27H27FN2O3/c1-4-33-26(32)18-11-14-23-21(15-18)27(2,3)16-24(29-23)20-7-5-6-8-22(20)30-25(31)17-9-12-19(28)13-10-17/h5-15,24,29H,4,16H2,1-3H3,(H,30,31). The van der Waals surface area contributed by atoms with Crippen molar-refractivity contribution in [3.63, 3.8) is 0 Å². The number of amides is 1. The summed E-state index contributed by atoms with van der Waals surface area (Å²) in [4.78, 5) is 24.9. The van der Waals surface area contributed by atoms with Crippen LogP contribution in [0.5, 0.6) is 0 Å². The van der Waals surface area contributed by atoms with E-state index in [0.717, 1.165) is 23.2 Å². The zero-order valence-electron chi connectivity index (χ0n) is 18.9. The summed E-state index contributed by atoms with van der Waals surface area (Å²) in [5.41, 5.74) is 4.37. The molecule has 170 valence electrons. The van der Waals surface area contributed by atoms with Gasteiger partial charge in [-0.3, -0.25) is 4.79 Å². The van der Waals surface area contributed by atoms with Crippen LogP contribution < -0.4 is 10.6 Å². The molecule has 0 spiro atoms. The first-order valence-electron chi connectivity index (χ1n) is 11.0. The van der Waals surface area contributed by atoms with E-state index in [0.29, 0.717) is 23.4 Å². The maximum Gasteiger partial charge on any atom is 0.338 e. The minimum absolute atomic E-state index is 0.0503. The van der Waals surface area contributed by atoms with E-state index >= 15 is 0 Å². The molecule has 1 aliphatic rings. The van der Waals surface area contributed by atoms with Crippen molar-refractivity contribution in [1.82, 2.24) is 0 Å². The number of hydrogen-bond donors (Lipinski definition) is 2. The topological polar surface area (TPSA) is 67.4 Å². The van der Waals surface area contributed by atoms with E-state index in [2.05, 4.69) is 24.5 Å². The zero-order chi connectivity index (χ0) is 23.6. The summed E-state index contributed by atoms with van der Waals surface area (Å²) in [7, 11) is 0. The van der Waals surface area contributed by atoms with E-state index in [1.165, 1.54) is 24.3 Å². The maximum absolute atomic E-state index is 13.2. The van der Waals surface area contributed by atoms with Gasteiger partial charge in [0, 0.05) is 16.9 Å². The third-order valence-corrected chi connectivity index (χ3v) is 5.99. The first kappa shape index (κ1) is 22.5. The Kier molecular flexibility index (Phi) is 6.18. The monoisotopic (exact) mass is 446 g/mol. The van der Waals surface area contributed by atoms with Gasteiger partial charge in [0.1, 0.15) is 5.82 Å². The Bertz CT molecular complexity index is 1190. The van der Waals surface area contributed by atoms with E-state index in [9.17, 15) is 14.0 Å². The Morgan fingerprint density at radius 3 is 2.48 bits per heavy atom. The number of carbonyl (C=O) groups is 2. The van der Waals surface area contributed by atoms with Crippen LogP contribution in [-0.4, -0.2) is 18.5 Å². The molecule has 0 fully saturated rings. The second-order valence-corrected chi connectivity index (χ2v) is 8.81. The Morgan fingerprint density at radius 2 is 1.76 bits per heavy atom. The van der Waals surface area contributed by atoms with Crippen molar-refractivity contribution < 1.29 is 18.7 Å². The van der Waals surface area contributed by atoms with Gasteiger partial charge < -0.3 is 15.4 Å². The van der Waals surface area contributed by atoms with Crippen LogP contribution in [0.1, 0.15) is 65.1 Å². The molecule has 1 aliphatic heterocycles. The van der Waals surface area contributed by atoms with Crippen LogP contribution in [0.2, 0.25) is 0 Å². The van der Waals surface area contributed by atoms with Gasteiger partial charge >= 0.3 is 5.97 Å². The molecule has 33 heavy (non-hydrogen) atoms. The van der Waals surface area contributed by atoms with Crippen molar-refractivity contribution >= 4 is 23.3 Å². The SMILES string of the molecule is CCOC(=O)c1ccc2c(c1)C(C)(C)CC(c1ccccc1NC(=O)c1ccc(F)cc1)N2. The summed E-state index contributed by atoms with van der Waals surface area (Å²) >= 11 is 0. The fourth-order valence-electron chi connectivity index (χ4n) is 4.33. The minimum atomic E-state index is -0.384. The van der Waals surface area contributed by atoms with Gasteiger partial charge in [-0.15, -0.1) is 0 Å². The molecule has 0 saturated carbocycles. The molecule has 0 saturated heterocycles. The molecule has 3 aromatic rings. The van der Waals surface area contributed by atoms with Crippen molar-refractivity contribution in [3.8, 4) is 0 Å². The van der Waals surface area contributed by atoms with Crippen LogP contribution in [0.3, 0.4) is 0 Å². The smallest absolute Gasteiger partial charge is 0.338 e. The lowest BCUT2D eigenvalue weighted by molar-refractivity contribution is 0.0526. The molecule has 0 aliphatic carbocycles. The normalized spacial score (nSPS) is 16.3. The summed E-state index contributed by atoms with van der Waals surface area (Å²) < 4.78 is 18.4. The molecule has 0 aromatic heterocycles. The summed E-state index contributed by atoms with van der Waals surface area (Å²) in [6, 6.07) is 18.7. The van der Waals surface area contributed by atoms with Gasteiger partial charge in [-0.05, 0) is 78.4 Å². The number of nitrogens with one attached hydrogen (secondary N) is 2. The van der Waals surface area contributed by atoms with Crippen LogP contribution in [0.25, 0.3) is 0 Å². The molecule has 1 atom stereocenters. The van der Waals surface area contributed by atoms with Gasteiger partial charge in [0.25, 0.3) is 5.91 Å². The highest BCUT2D eigenvalue weighted by atomic mass is 19.1. The lowest BCUT2D eigenvalue weighted by Crippen LogP contribution is -2.32. The molecule has 1 amide bonds. The van der Waals surface area contributed by atoms with Gasteiger partial charge in [0.15, 0.2) is 0 Å². The van der Waals surface area contributed by atoms with Gasteiger partial charge in [-0.2, -0.15) is 0 Å². The maximum atomic E-state index is 13.2. The predicted octanol–water partition coefficient (Wildman–Crippen LogP) is 6.09. The van der Waals surface area contributed by atoms with Crippen LogP contribution in [0.4, 0.5) is 15.8 Å². The number of benzene rings is 3. The van der Waals surface area contributed by atoms with Crippen molar-refractivity contribution in [2.24, 2.45) is 0 Å². The van der Waals surface area contributed by atoms with Gasteiger partial charge in [0.05, 0.1) is 18.2 Å². The number of esters is 1. The van der Waals surface area contributed by atoms with E-state index in [1.807, 2.05) is 36.4 Å². The molecular formula is C27H27FN2O3. The summed E-state index contributed by atoms with van der Waals surface area (Å²) in [5, 5.41) is 6.55. The zero-order valence-corrected chi connectivity index (χ0v) is 18.9. The van der Waals surface area contributed by atoms with E-state index in [4.69, 9.17) is 4.74 Å². The third kappa shape index (κ3) is 4.75. The van der Waals surface area contributed by atoms with Crippen molar-refractivity contribution in [1.29, 1.82) is 0 Å². The molecule has 5 nitrogen and oxygen atoms in total. The van der Waals surface area contributed by atoms with Gasteiger partial charge in [-0.1, -0.05) is 32.0 Å². The number of ether oxygens (including phenoxy) is 1. The van der Waals surface area contributed by atoms with Crippen molar-refractivity contribution in [2.75, 3.05) is 17.2 Å². The number of halogens is 1. The number of hydrogen-bond acceptors (Lipinski definition) is 4. The summed E-state index contributed by atoms with van der Waals surface area (Å²) in [5.74, 6) is -1.01. The third-order valence-electron chi connectivity index (χ3n) is 5.99. The summed E-state index contributed by atoms with van der Waals surface area (Å²) in [6.45, 7) is 6.42. The van der Waals surface area contributed by atoms with Crippen LogP contribution >= 0.6 is 0 Å². The highest BCUT2D eigenvalue weighted by molar-refractivity contribution is 6.04. The molecule has 1 heterocycles. The fourth-order valence-corrected chi connectivity index (χ4v) is 4.33. The lowest BCUT2D eigenvalue weighted by Gasteiger charge is -2.39. The second-order valence-electron chi connectivity index (χ2n) is 8.81. The van der Waals surface area contributed by atoms with Gasteiger partial charge in [-0.25, -0.2) is 9.18 Å². The molecular weight excluding hydrogens is 419 g/mol. The number of anilines is 2. The van der Waals surface area contributed by atoms with Crippen LogP contribution in [0.15, 0.2) is 66.7 Å². The highest BCUT2D eigenvalue weighted by Crippen LogP contribution is 2.45. The quantitative estimate of drug-likeness (QED) is 0.466. The lowest BCUT2D eigenvalue weighted by atomic mass is 9.73. The molecule has 6 heteroatoms. The predicted molar refractivity (Wildman–Crippen MR) is 127 cm³/mol. The first-order chi connectivity index (χ1) is 15.8. The molecule has 0 bridgehead atoms. The second kappa shape index (κ2) is 9.06. The van der Waals surface area contributed by atoms with E-state index in [1.54, 1.807) is 13.0 Å². The molecule has 3 aromatic carbocycles. The van der Waals surface area contributed by atoms with Gasteiger partial charge in [0.2, 0.25) is 0 Å². The number of carbonyl (C=O) groups excluding carboxylic acids is 2. The van der Waals surface area contributed by atoms with E-state index in [-0.39, 0.29) is 29.2 Å². The molecule has 1 unspecified atom stereocenters. The Labute approximate surface area is 193 Å². The molecule has 2 N–H and O–H groups in total. The molecule has 0 radical (unpaired) electrons. The van der Waals surface area contributed by atoms with Crippen molar-refractivity contribution in [2.45, 2.75) is 38.6 Å². The molecule has 4 rings (SSSR count). The largest absolute Gasteiger partial charge is 0.462 e. The average Bonchev–Trinajstić information content (AvgIpc) is 2.79. The van der Waals surface area contributed by atoms with Crippen molar-refractivity contribution in [3.05, 3.63) is 94.8 Å². The Balaban J connectivity index is 1.62. The highest BCUT2D eigenvalue weighted by Gasteiger charge is 2.35. The fraction of sp³-hybridized carbons (Fsp3) is 0.259. The van der Waals surface area contributed by atoms with Crippen LogP contribution in [0, 0.1) is 5.82 Å². The van der Waals surface area contributed by atoms with E-state index < -0.39 is 0 Å². The first-order valence-corrected chi connectivity index (χ1v) is 11.0. The summed E-state index contributed by atoms with van der Waals surface area (Å²) in [6.07, 6.45) is 0.760.